The molecule has 66 valence electrons. The van der Waals surface area contributed by atoms with E-state index in [0.29, 0.717) is 11.4 Å². The number of rotatable bonds is 3. The predicted octanol–water partition coefficient (Wildman–Crippen LogP) is 1.34. The van der Waals surface area contributed by atoms with Crippen LogP contribution in [-0.2, 0) is 0 Å². The minimum Gasteiger partial charge on any atom is -0.396 e. The first kappa shape index (κ1) is 8.70. The summed E-state index contributed by atoms with van der Waals surface area (Å²) < 4.78 is 23.5. The van der Waals surface area contributed by atoms with Gasteiger partial charge in [0.2, 0.25) is 0 Å². The van der Waals surface area contributed by atoms with Gasteiger partial charge in [-0.2, -0.15) is 0 Å². The van der Waals surface area contributed by atoms with Gasteiger partial charge in [0.15, 0.2) is 0 Å². The largest absolute Gasteiger partial charge is 0.396 e. The summed E-state index contributed by atoms with van der Waals surface area (Å²) >= 11 is 0. The van der Waals surface area contributed by atoms with Crippen LogP contribution in [0.2, 0.25) is 0 Å². The zero-order valence-corrected chi connectivity index (χ0v) is 6.30. The Hall–Kier alpha value is -1.39. The van der Waals surface area contributed by atoms with Gasteiger partial charge in [0.05, 0.1) is 24.1 Å². The fourth-order valence-electron chi connectivity index (χ4n) is 0.755. The Labute approximate surface area is 68.6 Å². The highest BCUT2D eigenvalue weighted by Gasteiger charge is 2.02. The van der Waals surface area contributed by atoms with Gasteiger partial charge in [-0.3, -0.25) is 4.98 Å². The van der Waals surface area contributed by atoms with Crippen LogP contribution in [-0.4, -0.2) is 18.0 Å². The van der Waals surface area contributed by atoms with E-state index in [1.54, 1.807) is 6.07 Å². The molecule has 0 spiro atoms. The second kappa shape index (κ2) is 3.85. The van der Waals surface area contributed by atoms with Gasteiger partial charge in [0.1, 0.15) is 0 Å². The van der Waals surface area contributed by atoms with Crippen LogP contribution in [0.4, 0.5) is 20.2 Å². The van der Waals surface area contributed by atoms with Crippen LogP contribution in [0.3, 0.4) is 0 Å². The molecular weight excluding hydrogens is 164 g/mol. The summed E-state index contributed by atoms with van der Waals surface area (Å²) in [6.07, 6.45) is 0.524. The zero-order valence-electron chi connectivity index (χ0n) is 6.30. The highest BCUT2D eigenvalue weighted by molar-refractivity contribution is 5.64. The number of halogens is 2. The summed E-state index contributed by atoms with van der Waals surface area (Å²) in [6.45, 7) is -0.395. The number of nitrogens with one attached hydrogen (secondary N) is 1. The third-order valence-corrected chi connectivity index (χ3v) is 1.30. The maximum Gasteiger partial charge on any atom is 0.255 e. The number of anilines is 2. The maximum atomic E-state index is 11.7. The number of nitrogens with two attached hydrogens (primary N) is 1. The fourth-order valence-corrected chi connectivity index (χ4v) is 0.755. The first-order chi connectivity index (χ1) is 5.70. The van der Waals surface area contributed by atoms with Crippen LogP contribution >= 0.6 is 0 Å². The summed E-state index contributed by atoms with van der Waals surface area (Å²) in [7, 11) is 0. The number of pyridine rings is 1. The fraction of sp³-hybridized carbons (Fsp3) is 0.286. The lowest BCUT2D eigenvalue weighted by molar-refractivity contribution is 0.163. The van der Waals surface area contributed by atoms with E-state index in [2.05, 4.69) is 10.3 Å². The average Bonchev–Trinajstić information content (AvgIpc) is 2.03. The third-order valence-electron chi connectivity index (χ3n) is 1.30. The molecule has 0 fully saturated rings. The van der Waals surface area contributed by atoms with Crippen molar-refractivity contribution in [3.63, 3.8) is 0 Å². The van der Waals surface area contributed by atoms with Crippen molar-refractivity contribution in [2.24, 2.45) is 0 Å². The molecule has 3 N–H and O–H groups in total. The SMILES string of the molecule is Nc1cnccc1NCC(F)F. The molecule has 1 aromatic rings. The molecule has 5 heteroatoms. The van der Waals surface area contributed by atoms with Crippen LogP contribution in [0.25, 0.3) is 0 Å². The van der Waals surface area contributed by atoms with Crippen LogP contribution in [0.15, 0.2) is 18.5 Å². The molecule has 12 heavy (non-hydrogen) atoms. The van der Waals surface area contributed by atoms with Gasteiger partial charge >= 0.3 is 0 Å². The second-order valence-corrected chi connectivity index (χ2v) is 2.23. The summed E-state index contributed by atoms with van der Waals surface area (Å²) in [6, 6.07) is 1.55. The van der Waals surface area contributed by atoms with Gasteiger partial charge in [-0.05, 0) is 6.07 Å². The maximum absolute atomic E-state index is 11.7. The Balaban J connectivity index is 2.57. The van der Waals surface area contributed by atoms with E-state index in [4.69, 9.17) is 5.73 Å². The molecule has 1 rings (SSSR count). The molecule has 0 bridgehead atoms. The topological polar surface area (TPSA) is 50.9 Å². The smallest absolute Gasteiger partial charge is 0.255 e. The molecule has 0 radical (unpaired) electrons. The van der Waals surface area contributed by atoms with Crippen molar-refractivity contribution in [2.45, 2.75) is 6.43 Å². The van der Waals surface area contributed by atoms with Crippen molar-refractivity contribution in [3.05, 3.63) is 18.5 Å². The number of nitrogen functional groups attached to an aromatic ring is 1. The molecule has 0 saturated heterocycles. The zero-order chi connectivity index (χ0) is 8.97. The molecule has 0 aromatic carbocycles. The minimum absolute atomic E-state index is 0.373. The van der Waals surface area contributed by atoms with Crippen LogP contribution in [0.1, 0.15) is 0 Å². The molecule has 0 aliphatic heterocycles. The lowest BCUT2D eigenvalue weighted by Gasteiger charge is -2.06. The average molecular weight is 173 g/mol. The Morgan fingerprint density at radius 1 is 1.58 bits per heavy atom. The number of alkyl halides is 2. The Morgan fingerprint density at radius 3 is 2.92 bits per heavy atom. The highest BCUT2D eigenvalue weighted by Crippen LogP contribution is 2.14. The van der Waals surface area contributed by atoms with Gasteiger partial charge < -0.3 is 11.1 Å². The van der Waals surface area contributed by atoms with Crippen LogP contribution in [0, 0.1) is 0 Å². The third kappa shape index (κ3) is 2.34. The molecular formula is C7H9F2N3. The summed E-state index contributed by atoms with van der Waals surface area (Å²) in [4.78, 5) is 3.72. The van der Waals surface area contributed by atoms with Gasteiger partial charge in [-0.1, -0.05) is 0 Å². The molecule has 0 amide bonds. The molecule has 0 aliphatic carbocycles. The number of hydrogen-bond acceptors (Lipinski definition) is 3. The highest BCUT2D eigenvalue weighted by atomic mass is 19.3. The van der Waals surface area contributed by atoms with Gasteiger partial charge in [-0.25, -0.2) is 8.78 Å². The minimum atomic E-state index is -2.38. The van der Waals surface area contributed by atoms with Gasteiger partial charge in [0.25, 0.3) is 6.43 Å². The van der Waals surface area contributed by atoms with E-state index in [9.17, 15) is 8.78 Å². The normalized spacial score (nSPS) is 10.2. The van der Waals surface area contributed by atoms with E-state index >= 15 is 0 Å². The van der Waals surface area contributed by atoms with Crippen molar-refractivity contribution in [1.82, 2.24) is 4.98 Å². The lowest BCUT2D eigenvalue weighted by Crippen LogP contribution is -2.11. The number of nitrogens with zero attached hydrogens (tertiary/aromatic N) is 1. The molecule has 0 unspecified atom stereocenters. The summed E-state index contributed by atoms with van der Waals surface area (Å²) in [5.41, 5.74) is 6.30. The van der Waals surface area contributed by atoms with E-state index in [1.807, 2.05) is 0 Å². The molecule has 0 saturated carbocycles. The molecule has 0 aliphatic rings. The Morgan fingerprint density at radius 2 is 2.33 bits per heavy atom. The van der Waals surface area contributed by atoms with Crippen molar-refractivity contribution >= 4 is 11.4 Å². The van der Waals surface area contributed by atoms with E-state index in [0.717, 1.165) is 0 Å². The van der Waals surface area contributed by atoms with E-state index in [-0.39, 0.29) is 0 Å². The summed E-state index contributed by atoms with van der Waals surface area (Å²) in [5, 5.41) is 2.50. The predicted molar refractivity (Wildman–Crippen MR) is 43.1 cm³/mol. The van der Waals surface area contributed by atoms with Gasteiger partial charge in [-0.15, -0.1) is 0 Å². The van der Waals surface area contributed by atoms with Crippen LogP contribution in [0.5, 0.6) is 0 Å². The second-order valence-electron chi connectivity index (χ2n) is 2.23. The lowest BCUT2D eigenvalue weighted by atomic mass is 10.3. The first-order valence-corrected chi connectivity index (χ1v) is 3.41. The molecule has 1 heterocycles. The van der Waals surface area contributed by atoms with Crippen molar-refractivity contribution < 1.29 is 8.78 Å². The summed E-state index contributed by atoms with van der Waals surface area (Å²) in [5.74, 6) is 0. The van der Waals surface area contributed by atoms with E-state index in [1.165, 1.54) is 12.4 Å². The number of aromatic nitrogens is 1. The van der Waals surface area contributed by atoms with Gasteiger partial charge in [0, 0.05) is 6.20 Å². The Bertz CT molecular complexity index is 252. The molecule has 3 nitrogen and oxygen atoms in total. The monoisotopic (exact) mass is 173 g/mol. The van der Waals surface area contributed by atoms with Crippen molar-refractivity contribution in [3.8, 4) is 0 Å². The molecule has 1 aromatic heterocycles. The quantitative estimate of drug-likeness (QED) is 0.725. The van der Waals surface area contributed by atoms with Crippen LogP contribution < -0.4 is 11.1 Å². The van der Waals surface area contributed by atoms with E-state index < -0.39 is 13.0 Å². The standard InChI is InChI=1S/C7H9F2N3/c8-7(9)4-12-6-1-2-11-3-5(6)10/h1-3,7H,4,10H2,(H,11,12). The molecule has 0 atom stereocenters. The first-order valence-electron chi connectivity index (χ1n) is 3.41. The van der Waals surface area contributed by atoms with Crippen molar-refractivity contribution in [1.29, 1.82) is 0 Å². The Kier molecular flexibility index (Phi) is 2.79. The van der Waals surface area contributed by atoms with Crippen molar-refractivity contribution in [2.75, 3.05) is 17.6 Å². The number of hydrogen-bond donors (Lipinski definition) is 2.